The molecule has 0 aromatic heterocycles. The first-order chi connectivity index (χ1) is 12.8. The summed E-state index contributed by atoms with van der Waals surface area (Å²) in [6.07, 6.45) is 14.7. The summed E-state index contributed by atoms with van der Waals surface area (Å²) < 4.78 is 6.27. The maximum Gasteiger partial charge on any atom is 0.131 e. The molecule has 0 spiro atoms. The van der Waals surface area contributed by atoms with Crippen LogP contribution in [-0.4, -0.2) is 13.6 Å². The number of ether oxygens (including phenoxy) is 1. The number of hydrogen-bond donors (Lipinski definition) is 0. The molecule has 2 rings (SSSR count). The van der Waals surface area contributed by atoms with E-state index in [0.29, 0.717) is 0 Å². The molecular formula is C23H37IOSi. The molecule has 3 heteroatoms. The molecule has 0 bridgehead atoms. The van der Waals surface area contributed by atoms with E-state index in [4.69, 9.17) is 4.74 Å². The van der Waals surface area contributed by atoms with Gasteiger partial charge in [0.25, 0.3) is 0 Å². The van der Waals surface area contributed by atoms with E-state index in [9.17, 15) is 0 Å². The minimum absolute atomic E-state index is 0.721. The van der Waals surface area contributed by atoms with Crippen molar-refractivity contribution in [1.82, 2.24) is 0 Å². The van der Waals surface area contributed by atoms with E-state index in [1.54, 1.807) is 5.56 Å². The van der Waals surface area contributed by atoms with Crippen molar-refractivity contribution in [3.05, 3.63) is 29.3 Å². The molecule has 0 aliphatic heterocycles. The van der Waals surface area contributed by atoms with E-state index < -0.39 is 0 Å². The van der Waals surface area contributed by atoms with Crippen LogP contribution in [0.5, 0.6) is 5.75 Å². The van der Waals surface area contributed by atoms with Gasteiger partial charge in [-0.05, 0) is 67.2 Å². The standard InChI is InChI=1S/C23H37IOSi/c1-3-5-11-19(10-4-2)21-14-15-23(25-16-9-17-26-24)22(18-21)20-12-7-6-8-13-20/h14-15,18-20H,3-13,16-17H2,1-2H3. The van der Waals surface area contributed by atoms with E-state index in [0.717, 1.165) is 25.5 Å². The average Bonchev–Trinajstić information content (AvgIpc) is 2.69. The predicted molar refractivity (Wildman–Crippen MR) is 124 cm³/mol. The van der Waals surface area contributed by atoms with Gasteiger partial charge in [0.1, 0.15) is 12.8 Å². The van der Waals surface area contributed by atoms with Gasteiger partial charge in [0.05, 0.1) is 6.61 Å². The Kier molecular flexibility index (Phi) is 11.3. The van der Waals surface area contributed by atoms with Gasteiger partial charge in [-0.1, -0.05) is 64.5 Å². The van der Waals surface area contributed by atoms with Crippen LogP contribution >= 0.6 is 21.8 Å². The molecule has 2 radical (unpaired) electrons. The van der Waals surface area contributed by atoms with Crippen LogP contribution in [0.1, 0.15) is 107 Å². The van der Waals surface area contributed by atoms with Gasteiger partial charge < -0.3 is 4.74 Å². The zero-order valence-electron chi connectivity index (χ0n) is 16.9. The summed E-state index contributed by atoms with van der Waals surface area (Å²) >= 11 is 2.49. The minimum atomic E-state index is 0.721. The molecule has 0 saturated heterocycles. The summed E-state index contributed by atoms with van der Waals surface area (Å²) in [4.78, 5) is 0. The van der Waals surface area contributed by atoms with Crippen molar-refractivity contribution in [2.45, 2.75) is 102 Å². The Hall–Kier alpha value is -0.0331. The Morgan fingerprint density at radius 3 is 2.58 bits per heavy atom. The number of benzene rings is 1. The number of hydrogen-bond acceptors (Lipinski definition) is 1. The van der Waals surface area contributed by atoms with Gasteiger partial charge >= 0.3 is 0 Å². The van der Waals surface area contributed by atoms with Gasteiger partial charge in [-0.3, -0.25) is 0 Å². The van der Waals surface area contributed by atoms with Crippen LogP contribution in [0.25, 0.3) is 0 Å². The van der Waals surface area contributed by atoms with Crippen molar-refractivity contribution in [2.75, 3.05) is 6.61 Å². The molecule has 146 valence electrons. The van der Waals surface area contributed by atoms with Crippen molar-refractivity contribution in [1.29, 1.82) is 0 Å². The topological polar surface area (TPSA) is 9.23 Å². The summed E-state index contributed by atoms with van der Waals surface area (Å²) in [5.74, 6) is 2.64. The van der Waals surface area contributed by atoms with Crippen LogP contribution in [0.15, 0.2) is 18.2 Å². The molecule has 1 aliphatic rings. The lowest BCUT2D eigenvalue weighted by Crippen LogP contribution is -2.10. The molecule has 1 saturated carbocycles. The fourth-order valence-electron chi connectivity index (χ4n) is 4.28. The molecule has 1 fully saturated rings. The van der Waals surface area contributed by atoms with Crippen LogP contribution in [0, 0.1) is 0 Å². The molecular weight excluding hydrogens is 447 g/mol. The molecule has 1 unspecified atom stereocenters. The van der Waals surface area contributed by atoms with Crippen LogP contribution in [-0.2, 0) is 0 Å². The second kappa shape index (κ2) is 13.2. The van der Waals surface area contributed by atoms with E-state index in [-0.39, 0.29) is 0 Å². The van der Waals surface area contributed by atoms with Gasteiger partial charge in [0, 0.05) is 0 Å². The second-order valence-corrected chi connectivity index (χ2v) is 10.9. The SMILES string of the molecule is CCCCC(CCC)c1ccc(OCCC[Si]I)c(C2CCCCC2)c1. The molecule has 1 atom stereocenters. The van der Waals surface area contributed by atoms with E-state index in [2.05, 4.69) is 53.8 Å². The van der Waals surface area contributed by atoms with Gasteiger partial charge in [-0.25, -0.2) is 0 Å². The normalized spacial score (nSPS) is 16.6. The van der Waals surface area contributed by atoms with Gasteiger partial charge in [-0.15, -0.1) is 21.8 Å². The fourth-order valence-corrected chi connectivity index (χ4v) is 5.70. The maximum absolute atomic E-state index is 6.27. The molecule has 0 heterocycles. The first kappa shape index (κ1) is 22.3. The smallest absolute Gasteiger partial charge is 0.131 e. The highest BCUT2D eigenvalue weighted by Crippen LogP contribution is 2.40. The second-order valence-electron chi connectivity index (χ2n) is 7.85. The lowest BCUT2D eigenvalue weighted by molar-refractivity contribution is 0.307. The van der Waals surface area contributed by atoms with Crippen LogP contribution in [0.2, 0.25) is 6.04 Å². The average molecular weight is 485 g/mol. The summed E-state index contributed by atoms with van der Waals surface area (Å²) in [7, 11) is 1.01. The Morgan fingerprint density at radius 1 is 1.08 bits per heavy atom. The largest absolute Gasteiger partial charge is 0.493 e. The van der Waals surface area contributed by atoms with Crippen LogP contribution in [0.3, 0.4) is 0 Å². The van der Waals surface area contributed by atoms with Crippen molar-refractivity contribution in [2.24, 2.45) is 0 Å². The highest BCUT2D eigenvalue weighted by molar-refractivity contribution is 14.1. The van der Waals surface area contributed by atoms with E-state index in [1.165, 1.54) is 88.0 Å². The summed E-state index contributed by atoms with van der Waals surface area (Å²) in [6, 6.07) is 8.51. The highest BCUT2D eigenvalue weighted by Gasteiger charge is 2.21. The fraction of sp³-hybridized carbons (Fsp3) is 0.739. The number of rotatable bonds is 12. The summed E-state index contributed by atoms with van der Waals surface area (Å²) in [6.45, 7) is 5.51. The van der Waals surface area contributed by atoms with Gasteiger partial charge in [0.2, 0.25) is 0 Å². The molecule has 1 aromatic carbocycles. The highest BCUT2D eigenvalue weighted by atomic mass is 127. The zero-order valence-corrected chi connectivity index (χ0v) is 20.0. The summed E-state index contributed by atoms with van der Waals surface area (Å²) in [5.41, 5.74) is 3.10. The quantitative estimate of drug-likeness (QED) is 0.126. The molecule has 1 aromatic rings. The van der Waals surface area contributed by atoms with Crippen molar-refractivity contribution in [3.63, 3.8) is 0 Å². The Morgan fingerprint density at radius 2 is 1.88 bits per heavy atom. The first-order valence-corrected chi connectivity index (χ1v) is 15.2. The predicted octanol–water partition coefficient (Wildman–Crippen LogP) is 8.05. The van der Waals surface area contributed by atoms with Crippen LogP contribution < -0.4 is 4.74 Å². The third kappa shape index (κ3) is 7.18. The monoisotopic (exact) mass is 484 g/mol. The Labute approximate surface area is 177 Å². The minimum Gasteiger partial charge on any atom is -0.493 e. The van der Waals surface area contributed by atoms with E-state index in [1.807, 2.05) is 0 Å². The van der Waals surface area contributed by atoms with Crippen LogP contribution in [0.4, 0.5) is 0 Å². The number of halogens is 1. The molecule has 1 aliphatic carbocycles. The number of unbranched alkanes of at least 4 members (excludes halogenated alkanes) is 1. The van der Waals surface area contributed by atoms with Gasteiger partial charge in [-0.2, -0.15) is 0 Å². The first-order valence-electron chi connectivity index (χ1n) is 10.9. The van der Waals surface area contributed by atoms with Crippen molar-refractivity contribution < 1.29 is 4.74 Å². The maximum atomic E-state index is 6.27. The lowest BCUT2D eigenvalue weighted by Gasteiger charge is -2.26. The Balaban J connectivity index is 2.18. The molecule has 0 amide bonds. The lowest BCUT2D eigenvalue weighted by atomic mass is 9.81. The zero-order chi connectivity index (χ0) is 18.6. The van der Waals surface area contributed by atoms with Gasteiger partial charge in [0.15, 0.2) is 0 Å². The van der Waals surface area contributed by atoms with Crippen molar-refractivity contribution in [3.8, 4) is 5.75 Å². The molecule has 26 heavy (non-hydrogen) atoms. The molecule has 1 nitrogen and oxygen atoms in total. The third-order valence-electron chi connectivity index (χ3n) is 5.77. The van der Waals surface area contributed by atoms with Crippen molar-refractivity contribution >= 4 is 28.8 Å². The Bertz CT molecular complexity index is 499. The third-order valence-corrected chi connectivity index (χ3v) is 7.93. The summed E-state index contributed by atoms with van der Waals surface area (Å²) in [5, 5.41) is 0. The molecule has 0 N–H and O–H groups in total. The van der Waals surface area contributed by atoms with E-state index >= 15 is 0 Å².